The van der Waals surface area contributed by atoms with Gasteiger partial charge in [-0.05, 0) is 18.2 Å². The van der Waals surface area contributed by atoms with Crippen molar-refractivity contribution in [1.29, 1.82) is 0 Å². The maximum Gasteiger partial charge on any atom is 0.511 e. The van der Waals surface area contributed by atoms with E-state index < -0.39 is 6.16 Å². The standard InChI is InChI=1S/C14H13N5O4/c1-18(2)8-3-4-11-10(5-8)12(20)17-13(16-11)19-7-9(6-15-19)23-14(21)22/h3-7H,1-2H3,(H,21,22)(H,16,17,20). The molecule has 0 amide bonds. The highest BCUT2D eigenvalue weighted by atomic mass is 16.7. The van der Waals surface area contributed by atoms with E-state index in [0.717, 1.165) is 5.69 Å². The first-order valence-corrected chi connectivity index (χ1v) is 6.61. The second-order valence-electron chi connectivity index (χ2n) is 4.97. The summed E-state index contributed by atoms with van der Waals surface area (Å²) < 4.78 is 5.72. The number of aromatic nitrogens is 4. The first-order valence-electron chi connectivity index (χ1n) is 6.61. The zero-order valence-corrected chi connectivity index (χ0v) is 12.3. The maximum absolute atomic E-state index is 12.3. The van der Waals surface area contributed by atoms with Gasteiger partial charge in [0.15, 0.2) is 5.75 Å². The third-order valence-corrected chi connectivity index (χ3v) is 3.17. The number of H-pyrrole nitrogens is 1. The molecule has 2 aromatic heterocycles. The third-order valence-electron chi connectivity index (χ3n) is 3.17. The van der Waals surface area contributed by atoms with Crippen LogP contribution in [0.15, 0.2) is 35.4 Å². The maximum atomic E-state index is 12.3. The van der Waals surface area contributed by atoms with Gasteiger partial charge in [-0.25, -0.2) is 14.5 Å². The molecule has 118 valence electrons. The predicted molar refractivity (Wildman–Crippen MR) is 82.5 cm³/mol. The lowest BCUT2D eigenvalue weighted by Crippen LogP contribution is -2.15. The van der Waals surface area contributed by atoms with Crippen molar-refractivity contribution in [1.82, 2.24) is 19.7 Å². The summed E-state index contributed by atoms with van der Waals surface area (Å²) in [5, 5.41) is 12.9. The quantitative estimate of drug-likeness (QED) is 0.699. The zero-order chi connectivity index (χ0) is 16.6. The summed E-state index contributed by atoms with van der Waals surface area (Å²) >= 11 is 0. The van der Waals surface area contributed by atoms with Crippen LogP contribution < -0.4 is 15.2 Å². The molecule has 0 saturated carbocycles. The minimum Gasteiger partial charge on any atom is -0.449 e. The van der Waals surface area contributed by atoms with Crippen LogP contribution in [0.5, 0.6) is 5.75 Å². The van der Waals surface area contributed by atoms with Crippen LogP contribution in [0.4, 0.5) is 10.5 Å². The molecule has 3 rings (SSSR count). The first-order chi connectivity index (χ1) is 10.9. The number of aromatic amines is 1. The van der Waals surface area contributed by atoms with E-state index in [1.165, 1.54) is 17.1 Å². The molecule has 1 aromatic carbocycles. The van der Waals surface area contributed by atoms with Crippen molar-refractivity contribution in [2.75, 3.05) is 19.0 Å². The summed E-state index contributed by atoms with van der Waals surface area (Å²) in [7, 11) is 3.76. The summed E-state index contributed by atoms with van der Waals surface area (Å²) in [6.45, 7) is 0. The monoisotopic (exact) mass is 315 g/mol. The molecule has 0 spiro atoms. The van der Waals surface area contributed by atoms with Gasteiger partial charge in [-0.15, -0.1) is 0 Å². The fourth-order valence-electron chi connectivity index (χ4n) is 2.08. The summed E-state index contributed by atoms with van der Waals surface area (Å²) in [4.78, 5) is 31.6. The molecule has 9 nitrogen and oxygen atoms in total. The largest absolute Gasteiger partial charge is 0.511 e. The number of rotatable bonds is 3. The van der Waals surface area contributed by atoms with Crippen LogP contribution in [0, 0.1) is 0 Å². The molecule has 2 heterocycles. The molecule has 23 heavy (non-hydrogen) atoms. The number of nitrogens with zero attached hydrogens (tertiary/aromatic N) is 4. The molecule has 0 aliphatic heterocycles. The minimum atomic E-state index is -1.44. The van der Waals surface area contributed by atoms with Crippen molar-refractivity contribution < 1.29 is 14.6 Å². The number of ether oxygens (including phenoxy) is 1. The van der Waals surface area contributed by atoms with Crippen LogP contribution in [0.2, 0.25) is 0 Å². The molecule has 0 unspecified atom stereocenters. The van der Waals surface area contributed by atoms with Gasteiger partial charge in [0.05, 0.1) is 23.3 Å². The van der Waals surface area contributed by atoms with Gasteiger partial charge in [-0.2, -0.15) is 5.10 Å². The molecule has 0 radical (unpaired) electrons. The van der Waals surface area contributed by atoms with Crippen molar-refractivity contribution >= 4 is 22.7 Å². The van der Waals surface area contributed by atoms with E-state index in [-0.39, 0.29) is 17.3 Å². The Kier molecular flexibility index (Phi) is 3.45. The van der Waals surface area contributed by atoms with Crippen molar-refractivity contribution in [3.8, 4) is 11.7 Å². The number of carboxylic acid groups (broad SMARTS) is 1. The Labute approximate surface area is 129 Å². The Hall–Kier alpha value is -3.36. The van der Waals surface area contributed by atoms with Crippen LogP contribution in [0.1, 0.15) is 0 Å². The topological polar surface area (TPSA) is 113 Å². The Bertz CT molecular complexity index is 944. The van der Waals surface area contributed by atoms with E-state index in [1.807, 2.05) is 25.1 Å². The van der Waals surface area contributed by atoms with E-state index in [0.29, 0.717) is 10.9 Å². The molecule has 0 aliphatic carbocycles. The second kappa shape index (κ2) is 5.44. The number of hydrogen-bond donors (Lipinski definition) is 2. The van der Waals surface area contributed by atoms with E-state index in [2.05, 4.69) is 19.8 Å². The van der Waals surface area contributed by atoms with Crippen LogP contribution in [0.3, 0.4) is 0 Å². The number of carbonyl (C=O) groups is 1. The lowest BCUT2D eigenvalue weighted by molar-refractivity contribution is 0.144. The van der Waals surface area contributed by atoms with E-state index in [1.54, 1.807) is 12.1 Å². The highest BCUT2D eigenvalue weighted by molar-refractivity contribution is 5.82. The number of nitrogens with one attached hydrogen (secondary N) is 1. The van der Waals surface area contributed by atoms with Gasteiger partial charge >= 0.3 is 6.16 Å². The Morgan fingerprint density at radius 3 is 2.87 bits per heavy atom. The Morgan fingerprint density at radius 2 is 2.17 bits per heavy atom. The average molecular weight is 315 g/mol. The van der Waals surface area contributed by atoms with Gasteiger partial charge in [-0.3, -0.25) is 9.78 Å². The number of hydrogen-bond acceptors (Lipinski definition) is 6. The van der Waals surface area contributed by atoms with Gasteiger partial charge in [-0.1, -0.05) is 0 Å². The molecule has 0 aliphatic rings. The smallest absolute Gasteiger partial charge is 0.449 e. The summed E-state index contributed by atoms with van der Waals surface area (Å²) in [5.74, 6) is 0.198. The molecular formula is C14H13N5O4. The lowest BCUT2D eigenvalue weighted by Gasteiger charge is -2.12. The molecule has 0 atom stereocenters. The third kappa shape index (κ3) is 2.84. The van der Waals surface area contributed by atoms with Gasteiger partial charge in [0, 0.05) is 19.8 Å². The molecule has 2 N–H and O–H groups in total. The molecular weight excluding hydrogens is 302 g/mol. The van der Waals surface area contributed by atoms with Crippen molar-refractivity contribution in [3.05, 3.63) is 40.9 Å². The Balaban J connectivity index is 2.06. The molecule has 3 aromatic rings. The van der Waals surface area contributed by atoms with Gasteiger partial charge < -0.3 is 14.7 Å². The average Bonchev–Trinajstić information content (AvgIpc) is 2.94. The van der Waals surface area contributed by atoms with Crippen LogP contribution in [-0.4, -0.2) is 45.1 Å². The normalized spacial score (nSPS) is 10.7. The van der Waals surface area contributed by atoms with Crippen LogP contribution >= 0.6 is 0 Å². The summed E-state index contributed by atoms with van der Waals surface area (Å²) in [5.41, 5.74) is 1.07. The SMILES string of the molecule is CN(C)c1ccc2nc(-n3cc(OC(=O)O)cn3)[nH]c(=O)c2c1. The fraction of sp³-hybridized carbons (Fsp3) is 0.143. The van der Waals surface area contributed by atoms with Crippen molar-refractivity contribution in [3.63, 3.8) is 0 Å². The molecule has 0 fully saturated rings. The highest BCUT2D eigenvalue weighted by Gasteiger charge is 2.10. The first kappa shape index (κ1) is 14.6. The predicted octanol–water partition coefficient (Wildman–Crippen LogP) is 1.23. The number of fused-ring (bicyclic) bond motifs is 1. The summed E-state index contributed by atoms with van der Waals surface area (Å²) in [6.07, 6.45) is 1.08. The van der Waals surface area contributed by atoms with Gasteiger partial charge in [0.25, 0.3) is 5.56 Å². The van der Waals surface area contributed by atoms with Gasteiger partial charge in [0.2, 0.25) is 5.95 Å². The Morgan fingerprint density at radius 1 is 1.39 bits per heavy atom. The zero-order valence-electron chi connectivity index (χ0n) is 12.3. The van der Waals surface area contributed by atoms with E-state index >= 15 is 0 Å². The fourth-order valence-corrected chi connectivity index (χ4v) is 2.08. The molecule has 0 bridgehead atoms. The van der Waals surface area contributed by atoms with Crippen molar-refractivity contribution in [2.24, 2.45) is 0 Å². The van der Waals surface area contributed by atoms with Crippen molar-refractivity contribution in [2.45, 2.75) is 0 Å². The van der Waals surface area contributed by atoms with Crippen LogP contribution in [0.25, 0.3) is 16.9 Å². The number of benzene rings is 1. The van der Waals surface area contributed by atoms with E-state index in [4.69, 9.17) is 5.11 Å². The lowest BCUT2D eigenvalue weighted by atomic mass is 10.2. The second-order valence-corrected chi connectivity index (χ2v) is 4.97. The minimum absolute atomic E-state index is 0.0307. The van der Waals surface area contributed by atoms with E-state index in [9.17, 15) is 9.59 Å². The molecule has 9 heteroatoms. The molecule has 0 saturated heterocycles. The summed E-state index contributed by atoms with van der Waals surface area (Å²) in [6, 6.07) is 5.33. The highest BCUT2D eigenvalue weighted by Crippen LogP contribution is 2.18. The van der Waals surface area contributed by atoms with Crippen LogP contribution in [-0.2, 0) is 0 Å². The van der Waals surface area contributed by atoms with Gasteiger partial charge in [0.1, 0.15) is 0 Å². The number of anilines is 1.